The molecule has 0 saturated carbocycles. The fraction of sp³-hybridized carbons (Fsp3) is 0.0909. The average Bonchev–Trinajstić information content (AvgIpc) is 2.68. The summed E-state index contributed by atoms with van der Waals surface area (Å²) in [6.45, 7) is 2.26. The normalized spacial score (nSPS) is 11.0. The van der Waals surface area contributed by atoms with E-state index in [2.05, 4.69) is 20.9 Å². The Balaban J connectivity index is 1.77. The highest BCUT2D eigenvalue weighted by Crippen LogP contribution is 2.25. The zero-order valence-electron chi connectivity index (χ0n) is 15.0. The molecule has 3 aromatic carbocycles. The summed E-state index contributed by atoms with van der Waals surface area (Å²) in [5, 5.41) is 9.64. The Morgan fingerprint density at radius 1 is 1.14 bits per heavy atom. The van der Waals surface area contributed by atoms with Gasteiger partial charge in [0.25, 0.3) is 0 Å². The van der Waals surface area contributed by atoms with E-state index in [1.54, 1.807) is 30.5 Å². The average molecular weight is 459 g/mol. The van der Waals surface area contributed by atoms with Gasteiger partial charge in [0.2, 0.25) is 0 Å². The monoisotopic (exact) mass is 457 g/mol. The third-order valence-electron chi connectivity index (χ3n) is 4.08. The van der Waals surface area contributed by atoms with Crippen LogP contribution >= 0.6 is 27.5 Å². The first-order chi connectivity index (χ1) is 13.4. The predicted octanol–water partition coefficient (Wildman–Crippen LogP) is 6.44. The summed E-state index contributed by atoms with van der Waals surface area (Å²) in [6, 6.07) is 17.9. The Hall–Kier alpha value is -2.63. The van der Waals surface area contributed by atoms with Gasteiger partial charge in [0.15, 0.2) is 0 Å². The number of carboxylic acids is 1. The highest BCUT2D eigenvalue weighted by molar-refractivity contribution is 9.10. The van der Waals surface area contributed by atoms with Gasteiger partial charge in [-0.25, -0.2) is 4.79 Å². The number of hydrogen-bond acceptors (Lipinski definition) is 3. The fourth-order valence-electron chi connectivity index (χ4n) is 2.46. The van der Waals surface area contributed by atoms with Crippen LogP contribution in [0.2, 0.25) is 5.02 Å². The molecule has 28 heavy (non-hydrogen) atoms. The number of nitrogens with zero attached hydrogens (tertiary/aromatic N) is 1. The first-order valence-corrected chi connectivity index (χ1v) is 9.64. The van der Waals surface area contributed by atoms with Crippen LogP contribution in [0.15, 0.2) is 70.1 Å². The molecule has 0 spiro atoms. The van der Waals surface area contributed by atoms with Crippen molar-refractivity contribution in [2.75, 3.05) is 0 Å². The number of carbonyl (C=O) groups is 1. The summed E-state index contributed by atoms with van der Waals surface area (Å²) >= 11 is 9.62. The van der Waals surface area contributed by atoms with Crippen molar-refractivity contribution in [2.45, 2.75) is 13.5 Å². The van der Waals surface area contributed by atoms with Gasteiger partial charge in [-0.2, -0.15) is 0 Å². The highest BCUT2D eigenvalue weighted by Gasteiger charge is 2.06. The van der Waals surface area contributed by atoms with Crippen molar-refractivity contribution in [1.82, 2.24) is 0 Å². The fourth-order valence-corrected chi connectivity index (χ4v) is 3.02. The molecule has 0 atom stereocenters. The van der Waals surface area contributed by atoms with Crippen molar-refractivity contribution >= 4 is 45.4 Å². The van der Waals surface area contributed by atoms with E-state index < -0.39 is 5.97 Å². The first kappa shape index (κ1) is 20.1. The molecule has 0 aliphatic rings. The van der Waals surface area contributed by atoms with Gasteiger partial charge in [0.05, 0.1) is 11.3 Å². The van der Waals surface area contributed by atoms with Crippen molar-refractivity contribution in [3.63, 3.8) is 0 Å². The van der Waals surface area contributed by atoms with Gasteiger partial charge in [-0.1, -0.05) is 45.7 Å². The van der Waals surface area contributed by atoms with E-state index in [-0.39, 0.29) is 5.56 Å². The van der Waals surface area contributed by atoms with Gasteiger partial charge in [0, 0.05) is 21.3 Å². The third-order valence-corrected chi connectivity index (χ3v) is 4.98. The quantitative estimate of drug-likeness (QED) is 0.432. The van der Waals surface area contributed by atoms with E-state index in [1.165, 1.54) is 0 Å². The van der Waals surface area contributed by atoms with Gasteiger partial charge in [-0.15, -0.1) is 0 Å². The summed E-state index contributed by atoms with van der Waals surface area (Å²) in [6.07, 6.45) is 1.73. The van der Waals surface area contributed by atoms with Gasteiger partial charge in [-0.05, 0) is 60.5 Å². The molecule has 0 aromatic heterocycles. The number of aromatic carboxylic acids is 1. The molecule has 0 aliphatic carbocycles. The molecule has 0 saturated heterocycles. The van der Waals surface area contributed by atoms with Gasteiger partial charge >= 0.3 is 5.97 Å². The maximum absolute atomic E-state index is 10.9. The zero-order chi connectivity index (χ0) is 20.1. The lowest BCUT2D eigenvalue weighted by Gasteiger charge is -2.10. The Kier molecular flexibility index (Phi) is 6.49. The number of halogens is 2. The molecule has 0 unspecified atom stereocenters. The second kappa shape index (κ2) is 9.04. The number of carboxylic acid groups (broad SMARTS) is 1. The standard InChI is InChI=1S/C22H17BrClNO3/c1-14-2-8-19(11-20(14)24)25-12-17-10-18(23)7-9-21(17)28-13-15-3-5-16(6-4-15)22(26)27/h2-12H,13H2,1H3,(H,26,27). The third kappa shape index (κ3) is 5.21. The topological polar surface area (TPSA) is 58.9 Å². The van der Waals surface area contributed by atoms with Crippen LogP contribution in [0.1, 0.15) is 27.0 Å². The van der Waals surface area contributed by atoms with E-state index >= 15 is 0 Å². The van der Waals surface area contributed by atoms with Crippen LogP contribution in [0.25, 0.3) is 0 Å². The van der Waals surface area contributed by atoms with Crippen molar-refractivity contribution < 1.29 is 14.6 Å². The molecule has 0 fully saturated rings. The van der Waals surface area contributed by atoms with Crippen LogP contribution in [-0.2, 0) is 6.61 Å². The van der Waals surface area contributed by atoms with E-state index in [0.29, 0.717) is 17.4 Å². The lowest BCUT2D eigenvalue weighted by Crippen LogP contribution is -2.00. The molecule has 6 heteroatoms. The highest BCUT2D eigenvalue weighted by atomic mass is 79.9. The number of aliphatic imine (C=N–C) groups is 1. The Labute approximate surface area is 176 Å². The maximum Gasteiger partial charge on any atom is 0.335 e. The molecule has 3 rings (SSSR count). The first-order valence-electron chi connectivity index (χ1n) is 8.47. The molecule has 4 nitrogen and oxygen atoms in total. The van der Waals surface area contributed by atoms with E-state index in [4.69, 9.17) is 21.4 Å². The molecule has 3 aromatic rings. The summed E-state index contributed by atoms with van der Waals surface area (Å²) in [7, 11) is 0. The molecule has 0 amide bonds. The van der Waals surface area contributed by atoms with Crippen LogP contribution in [0.5, 0.6) is 5.75 Å². The van der Waals surface area contributed by atoms with Crippen molar-refractivity contribution in [2.24, 2.45) is 4.99 Å². The Morgan fingerprint density at radius 2 is 1.89 bits per heavy atom. The largest absolute Gasteiger partial charge is 0.488 e. The molecular formula is C22H17BrClNO3. The maximum atomic E-state index is 10.9. The SMILES string of the molecule is Cc1ccc(N=Cc2cc(Br)ccc2OCc2ccc(C(=O)O)cc2)cc1Cl. The number of hydrogen-bond donors (Lipinski definition) is 1. The second-order valence-electron chi connectivity index (χ2n) is 6.16. The Morgan fingerprint density at radius 3 is 2.57 bits per heavy atom. The van der Waals surface area contributed by atoms with E-state index in [0.717, 1.165) is 26.9 Å². The van der Waals surface area contributed by atoms with Crippen LogP contribution in [0.4, 0.5) is 5.69 Å². The van der Waals surface area contributed by atoms with E-state index in [9.17, 15) is 4.79 Å². The minimum absolute atomic E-state index is 0.247. The predicted molar refractivity (Wildman–Crippen MR) is 115 cm³/mol. The molecule has 0 heterocycles. The minimum atomic E-state index is -0.949. The number of benzene rings is 3. The van der Waals surface area contributed by atoms with Crippen molar-refractivity contribution in [3.8, 4) is 5.75 Å². The van der Waals surface area contributed by atoms with Gasteiger partial charge in [-0.3, -0.25) is 4.99 Å². The van der Waals surface area contributed by atoms with Crippen molar-refractivity contribution in [1.29, 1.82) is 0 Å². The lowest BCUT2D eigenvalue weighted by atomic mass is 10.1. The molecule has 0 radical (unpaired) electrons. The van der Waals surface area contributed by atoms with Crippen LogP contribution < -0.4 is 4.74 Å². The zero-order valence-corrected chi connectivity index (χ0v) is 17.4. The summed E-state index contributed by atoms with van der Waals surface area (Å²) in [5.74, 6) is -0.275. The molecule has 0 bridgehead atoms. The lowest BCUT2D eigenvalue weighted by molar-refractivity contribution is 0.0697. The number of aryl methyl sites for hydroxylation is 1. The molecule has 142 valence electrons. The van der Waals surface area contributed by atoms with Gasteiger partial charge in [0.1, 0.15) is 12.4 Å². The second-order valence-corrected chi connectivity index (χ2v) is 7.49. The number of ether oxygens (including phenoxy) is 1. The summed E-state index contributed by atoms with van der Waals surface area (Å²) in [4.78, 5) is 15.4. The minimum Gasteiger partial charge on any atom is -0.488 e. The summed E-state index contributed by atoms with van der Waals surface area (Å²) < 4.78 is 6.84. The molecular weight excluding hydrogens is 442 g/mol. The van der Waals surface area contributed by atoms with Crippen molar-refractivity contribution in [3.05, 3.63) is 92.4 Å². The molecule has 1 N–H and O–H groups in total. The van der Waals surface area contributed by atoms with Gasteiger partial charge < -0.3 is 9.84 Å². The molecule has 0 aliphatic heterocycles. The Bertz CT molecular complexity index is 1030. The number of rotatable bonds is 6. The summed E-state index contributed by atoms with van der Waals surface area (Å²) in [5.41, 5.74) is 3.69. The smallest absolute Gasteiger partial charge is 0.335 e. The van der Waals surface area contributed by atoms with Crippen LogP contribution in [-0.4, -0.2) is 17.3 Å². The van der Waals surface area contributed by atoms with E-state index in [1.807, 2.05) is 43.3 Å². The van der Waals surface area contributed by atoms with Crippen LogP contribution in [0, 0.1) is 6.92 Å². The van der Waals surface area contributed by atoms with Crippen LogP contribution in [0.3, 0.4) is 0 Å².